The zero-order valence-corrected chi connectivity index (χ0v) is 26.8. The predicted octanol–water partition coefficient (Wildman–Crippen LogP) is 5.71. The number of fused-ring (bicyclic) bond motifs is 2. The van der Waals surface area contributed by atoms with E-state index < -0.39 is 11.9 Å². The van der Waals surface area contributed by atoms with Gasteiger partial charge in [-0.2, -0.15) is 0 Å². The lowest BCUT2D eigenvalue weighted by atomic mass is 10.0. The molecule has 0 bridgehead atoms. The number of methoxy groups -OCH3 is 2. The summed E-state index contributed by atoms with van der Waals surface area (Å²) in [5.74, 6) is 1.15. The summed E-state index contributed by atoms with van der Waals surface area (Å²) in [4.78, 5) is 35.3. The number of benzene rings is 4. The lowest BCUT2D eigenvalue weighted by Crippen LogP contribution is -2.42. The third-order valence-electron chi connectivity index (χ3n) is 7.88. The third kappa shape index (κ3) is 6.22. The molecule has 3 heterocycles. The van der Waals surface area contributed by atoms with Crippen molar-refractivity contribution in [1.82, 2.24) is 24.9 Å². The maximum atomic E-state index is 14.5. The van der Waals surface area contributed by atoms with E-state index in [0.29, 0.717) is 50.3 Å². The van der Waals surface area contributed by atoms with Gasteiger partial charge in [0.15, 0.2) is 23.0 Å². The summed E-state index contributed by atoms with van der Waals surface area (Å²) in [7, 11) is 3.05. The molecule has 1 aliphatic rings. The molecule has 1 N–H and O–H groups in total. The molecule has 2 amide bonds. The van der Waals surface area contributed by atoms with Gasteiger partial charge in [-0.25, -0.2) is 9.67 Å². The van der Waals surface area contributed by atoms with E-state index in [9.17, 15) is 9.59 Å². The Balaban J connectivity index is 1.30. The van der Waals surface area contributed by atoms with Crippen LogP contribution < -0.4 is 24.3 Å². The van der Waals surface area contributed by atoms with Crippen LogP contribution in [-0.4, -0.2) is 57.7 Å². The molecule has 12 nitrogen and oxygen atoms in total. The van der Waals surface area contributed by atoms with Crippen molar-refractivity contribution in [3.8, 4) is 34.3 Å². The molecular formula is C35H30N6O6S. The van der Waals surface area contributed by atoms with Gasteiger partial charge in [0.05, 0.1) is 32.0 Å². The molecule has 242 valence electrons. The van der Waals surface area contributed by atoms with Crippen LogP contribution >= 0.6 is 11.3 Å². The summed E-state index contributed by atoms with van der Waals surface area (Å²) in [6.45, 7) is -0.0336. The molecule has 0 radical (unpaired) electrons. The summed E-state index contributed by atoms with van der Waals surface area (Å²) < 4.78 is 23.6. The van der Waals surface area contributed by atoms with E-state index in [4.69, 9.17) is 23.9 Å². The summed E-state index contributed by atoms with van der Waals surface area (Å²) in [6.07, 6.45) is 0. The summed E-state index contributed by atoms with van der Waals surface area (Å²) in [6, 6.07) is 26.3. The minimum atomic E-state index is -1.12. The zero-order chi connectivity index (χ0) is 33.0. The lowest BCUT2D eigenvalue weighted by molar-refractivity contribution is -0.140. The molecule has 1 aliphatic heterocycles. The van der Waals surface area contributed by atoms with Crippen molar-refractivity contribution in [2.75, 3.05) is 26.3 Å². The molecular weight excluding hydrogens is 632 g/mol. The van der Waals surface area contributed by atoms with Crippen LogP contribution in [0, 0.1) is 0 Å². The molecule has 1 atom stereocenters. The molecule has 1 unspecified atom stereocenters. The Kier molecular flexibility index (Phi) is 8.58. The van der Waals surface area contributed by atoms with Gasteiger partial charge in [-0.15, -0.1) is 16.4 Å². The number of ether oxygens (including phenoxy) is 4. The summed E-state index contributed by atoms with van der Waals surface area (Å²) in [5, 5.41) is 14.0. The van der Waals surface area contributed by atoms with Crippen LogP contribution in [0.4, 0.5) is 5.69 Å². The highest BCUT2D eigenvalue weighted by Gasteiger charge is 2.34. The largest absolute Gasteiger partial charge is 0.493 e. The third-order valence-corrected chi connectivity index (χ3v) is 8.71. The van der Waals surface area contributed by atoms with Gasteiger partial charge in [0, 0.05) is 22.7 Å². The molecule has 0 spiro atoms. The monoisotopic (exact) mass is 662 g/mol. The molecule has 4 aromatic carbocycles. The maximum absolute atomic E-state index is 14.5. The second kappa shape index (κ2) is 13.4. The SMILES string of the molecule is COc1ccc(C(C(=O)Nc2ccc3c(c2)OCO3)N(Cc2nc(-c3ccccc3)cs2)C(=O)Cn2nnc3ccccc32)cc1OC. The van der Waals surface area contributed by atoms with Crippen molar-refractivity contribution in [2.45, 2.75) is 19.1 Å². The molecule has 48 heavy (non-hydrogen) atoms. The van der Waals surface area contributed by atoms with Crippen molar-refractivity contribution in [1.29, 1.82) is 0 Å². The smallest absolute Gasteiger partial charge is 0.251 e. The zero-order valence-electron chi connectivity index (χ0n) is 26.0. The number of hydrogen-bond donors (Lipinski definition) is 1. The normalized spacial score (nSPS) is 12.5. The predicted molar refractivity (Wildman–Crippen MR) is 179 cm³/mol. The number of amides is 2. The van der Waals surface area contributed by atoms with Crippen molar-refractivity contribution >= 4 is 39.9 Å². The van der Waals surface area contributed by atoms with Gasteiger partial charge < -0.3 is 29.2 Å². The standard InChI is InChI=1S/C35H30N6O6S/c1-44-28-14-12-23(16-30(28)45-2)34(35(43)36-24-13-15-29-31(17-24)47-21-46-29)40(18-32-37-26(20-48-32)22-8-4-3-5-9-22)33(42)19-41-27-11-7-6-10-25(27)38-39-41/h3-17,20,34H,18-19,21H2,1-2H3,(H,36,43). The van der Waals surface area contributed by atoms with Crippen molar-refractivity contribution in [3.05, 3.63) is 107 Å². The Bertz CT molecular complexity index is 2100. The Hall–Kier alpha value is -5.95. The highest BCUT2D eigenvalue weighted by atomic mass is 32.1. The highest BCUT2D eigenvalue weighted by molar-refractivity contribution is 7.09. The van der Waals surface area contributed by atoms with Crippen LogP contribution in [0.3, 0.4) is 0 Å². The Morgan fingerprint density at radius 2 is 1.73 bits per heavy atom. The number of nitrogens with one attached hydrogen (secondary N) is 1. The quantitative estimate of drug-likeness (QED) is 0.185. The van der Waals surface area contributed by atoms with Gasteiger partial charge in [0.1, 0.15) is 23.1 Å². The van der Waals surface area contributed by atoms with Crippen LogP contribution in [0.2, 0.25) is 0 Å². The number of carbonyl (C=O) groups excluding carboxylic acids is 2. The molecule has 0 fully saturated rings. The first kappa shape index (κ1) is 30.7. The van der Waals surface area contributed by atoms with Crippen molar-refractivity contribution < 1.29 is 28.5 Å². The topological polar surface area (TPSA) is 130 Å². The first-order chi connectivity index (χ1) is 23.5. The minimum Gasteiger partial charge on any atom is -0.493 e. The number of anilines is 1. The molecule has 2 aromatic heterocycles. The average Bonchev–Trinajstić information content (AvgIpc) is 3.89. The molecule has 0 aliphatic carbocycles. The number of hydrogen-bond acceptors (Lipinski definition) is 10. The first-order valence-electron chi connectivity index (χ1n) is 15.0. The van der Waals surface area contributed by atoms with Crippen LogP contribution in [0.5, 0.6) is 23.0 Å². The number of carbonyl (C=O) groups is 2. The van der Waals surface area contributed by atoms with Gasteiger partial charge in [-0.05, 0) is 42.0 Å². The second-order valence-corrected chi connectivity index (χ2v) is 11.8. The number of para-hydroxylation sites is 1. The molecule has 13 heteroatoms. The van der Waals surface area contributed by atoms with Crippen LogP contribution in [0.15, 0.2) is 96.4 Å². The first-order valence-corrected chi connectivity index (χ1v) is 15.9. The van der Waals surface area contributed by atoms with E-state index in [-0.39, 0.29) is 25.8 Å². The maximum Gasteiger partial charge on any atom is 0.251 e. The van der Waals surface area contributed by atoms with E-state index in [1.54, 1.807) is 36.4 Å². The number of rotatable bonds is 11. The van der Waals surface area contributed by atoms with Gasteiger partial charge in [0.2, 0.25) is 12.7 Å². The van der Waals surface area contributed by atoms with Gasteiger partial charge >= 0.3 is 0 Å². The fourth-order valence-corrected chi connectivity index (χ4v) is 6.33. The number of thiazole rings is 1. The lowest BCUT2D eigenvalue weighted by Gasteiger charge is -2.31. The fraction of sp³-hybridized carbons (Fsp3) is 0.171. The Labute approximate surface area is 279 Å². The fourth-order valence-electron chi connectivity index (χ4n) is 5.53. The second-order valence-electron chi connectivity index (χ2n) is 10.8. The molecule has 0 saturated heterocycles. The van der Waals surface area contributed by atoms with E-state index in [0.717, 1.165) is 11.3 Å². The summed E-state index contributed by atoms with van der Waals surface area (Å²) in [5.41, 5.74) is 4.05. The molecule has 0 saturated carbocycles. The van der Waals surface area contributed by atoms with Crippen molar-refractivity contribution in [3.63, 3.8) is 0 Å². The minimum absolute atomic E-state index is 0.0382. The summed E-state index contributed by atoms with van der Waals surface area (Å²) >= 11 is 1.41. The van der Waals surface area contributed by atoms with Crippen LogP contribution in [0.1, 0.15) is 16.6 Å². The molecule has 6 aromatic rings. The highest BCUT2D eigenvalue weighted by Crippen LogP contribution is 2.37. The van der Waals surface area contributed by atoms with Gasteiger partial charge in [-0.1, -0.05) is 53.7 Å². The van der Waals surface area contributed by atoms with Crippen LogP contribution in [-0.2, 0) is 22.7 Å². The number of nitrogens with zero attached hydrogens (tertiary/aromatic N) is 5. The molecule has 7 rings (SSSR count). The van der Waals surface area contributed by atoms with E-state index >= 15 is 0 Å². The Morgan fingerprint density at radius 1 is 0.938 bits per heavy atom. The Morgan fingerprint density at radius 3 is 2.56 bits per heavy atom. The van der Waals surface area contributed by atoms with Gasteiger partial charge in [-0.3, -0.25) is 9.59 Å². The van der Waals surface area contributed by atoms with E-state index in [1.165, 1.54) is 35.1 Å². The van der Waals surface area contributed by atoms with Crippen molar-refractivity contribution in [2.24, 2.45) is 0 Å². The van der Waals surface area contributed by atoms with Crippen LogP contribution in [0.25, 0.3) is 22.3 Å². The number of aromatic nitrogens is 4. The average molecular weight is 663 g/mol. The van der Waals surface area contributed by atoms with E-state index in [2.05, 4.69) is 15.6 Å². The van der Waals surface area contributed by atoms with E-state index in [1.807, 2.05) is 60.0 Å². The van der Waals surface area contributed by atoms with Gasteiger partial charge in [0.25, 0.3) is 5.91 Å².